The number of ether oxygens (including phenoxy) is 1. The van der Waals surface area contributed by atoms with Crippen molar-refractivity contribution in [2.24, 2.45) is 11.8 Å². The molecule has 4 nitrogen and oxygen atoms in total. The van der Waals surface area contributed by atoms with Gasteiger partial charge in [-0.15, -0.1) is 0 Å². The van der Waals surface area contributed by atoms with Gasteiger partial charge in [0.1, 0.15) is 5.60 Å². The Bertz CT molecular complexity index is 407. The lowest BCUT2D eigenvalue weighted by atomic mass is 9.77. The average Bonchev–Trinajstić information content (AvgIpc) is 2.34. The van der Waals surface area contributed by atoms with E-state index < -0.39 is 5.60 Å². The second-order valence-electron chi connectivity index (χ2n) is 8.40. The van der Waals surface area contributed by atoms with Crippen LogP contribution in [-0.2, 0) is 9.53 Å². The van der Waals surface area contributed by atoms with Gasteiger partial charge in [-0.1, -0.05) is 24.6 Å². The van der Waals surface area contributed by atoms with Crippen LogP contribution in [0.25, 0.3) is 0 Å². The first-order valence-electron chi connectivity index (χ1n) is 8.61. The van der Waals surface area contributed by atoms with Crippen LogP contribution in [-0.4, -0.2) is 28.1 Å². The summed E-state index contributed by atoms with van der Waals surface area (Å²) in [5.41, 5.74) is -0.722. The molecule has 23 heavy (non-hydrogen) atoms. The molecule has 0 spiro atoms. The average molecular weight is 344 g/mol. The van der Waals surface area contributed by atoms with Crippen molar-refractivity contribution in [2.45, 2.75) is 84.8 Å². The molecular formula is C18H33NO3S. The Balaban J connectivity index is 2.35. The van der Waals surface area contributed by atoms with E-state index in [-0.39, 0.29) is 16.7 Å². The third kappa shape index (κ3) is 9.23. The fourth-order valence-corrected chi connectivity index (χ4v) is 3.99. The highest BCUT2D eigenvalue weighted by molar-refractivity contribution is 8.13. The number of hydrogen-bond donors (Lipinski definition) is 1. The largest absolute Gasteiger partial charge is 0.444 e. The number of thioether (sulfide) groups is 1. The molecule has 1 aliphatic rings. The zero-order valence-corrected chi connectivity index (χ0v) is 16.3. The molecular weight excluding hydrogens is 310 g/mol. The molecule has 0 aromatic carbocycles. The Labute approximate surface area is 145 Å². The number of rotatable bonds is 5. The number of amides is 1. The predicted octanol–water partition coefficient (Wildman–Crippen LogP) is 4.77. The summed E-state index contributed by atoms with van der Waals surface area (Å²) < 4.78 is 5.35. The number of hydrogen-bond acceptors (Lipinski definition) is 4. The SMILES string of the molecule is CC(=O)SCC1CCC(CC(C)(C)NC(=O)OC(C)(C)C)CC1. The Morgan fingerprint density at radius 3 is 2.04 bits per heavy atom. The van der Waals surface area contributed by atoms with Gasteiger partial charge in [0.25, 0.3) is 0 Å². The van der Waals surface area contributed by atoms with Crippen LogP contribution in [0.3, 0.4) is 0 Å². The van der Waals surface area contributed by atoms with Crippen molar-refractivity contribution in [3.05, 3.63) is 0 Å². The van der Waals surface area contributed by atoms with E-state index in [1.54, 1.807) is 6.92 Å². The topological polar surface area (TPSA) is 55.4 Å². The molecule has 1 fully saturated rings. The van der Waals surface area contributed by atoms with Crippen LogP contribution in [0.15, 0.2) is 0 Å². The summed E-state index contributed by atoms with van der Waals surface area (Å²) in [6.07, 6.45) is 5.37. The predicted molar refractivity (Wildman–Crippen MR) is 96.7 cm³/mol. The third-order valence-corrected chi connectivity index (χ3v) is 5.17. The van der Waals surface area contributed by atoms with Crippen LogP contribution in [0.5, 0.6) is 0 Å². The minimum absolute atomic E-state index is 0.217. The summed E-state index contributed by atoms with van der Waals surface area (Å²) in [4.78, 5) is 23.0. The van der Waals surface area contributed by atoms with Gasteiger partial charge in [0, 0.05) is 18.2 Å². The molecule has 0 unspecified atom stereocenters. The van der Waals surface area contributed by atoms with Gasteiger partial charge in [0.05, 0.1) is 0 Å². The minimum Gasteiger partial charge on any atom is -0.444 e. The van der Waals surface area contributed by atoms with Gasteiger partial charge in [-0.05, 0) is 65.7 Å². The Hall–Kier alpha value is -0.710. The van der Waals surface area contributed by atoms with Crippen LogP contribution < -0.4 is 5.32 Å². The van der Waals surface area contributed by atoms with Gasteiger partial charge in [-0.2, -0.15) is 0 Å². The summed E-state index contributed by atoms with van der Waals surface area (Å²) in [5, 5.41) is 3.22. The molecule has 0 atom stereocenters. The number of carbonyl (C=O) groups is 2. The molecule has 134 valence electrons. The van der Waals surface area contributed by atoms with Crippen LogP contribution in [0.1, 0.15) is 73.6 Å². The molecule has 5 heteroatoms. The van der Waals surface area contributed by atoms with Crippen molar-refractivity contribution in [2.75, 3.05) is 5.75 Å². The van der Waals surface area contributed by atoms with Gasteiger partial charge in [0.15, 0.2) is 5.12 Å². The highest BCUT2D eigenvalue weighted by Crippen LogP contribution is 2.35. The van der Waals surface area contributed by atoms with Crippen LogP contribution in [0, 0.1) is 11.8 Å². The fourth-order valence-electron chi connectivity index (χ4n) is 3.19. The monoisotopic (exact) mass is 343 g/mol. The maximum Gasteiger partial charge on any atom is 0.408 e. The van der Waals surface area contributed by atoms with Crippen LogP contribution in [0.4, 0.5) is 4.79 Å². The van der Waals surface area contributed by atoms with E-state index in [2.05, 4.69) is 19.2 Å². The standard InChI is InChI=1S/C18H33NO3S/c1-13(20)23-12-15-9-7-14(8-10-15)11-18(5,6)19-16(21)22-17(2,3)4/h14-15H,7-12H2,1-6H3,(H,19,21). The van der Waals surface area contributed by atoms with Crippen molar-refractivity contribution >= 4 is 23.0 Å². The highest BCUT2D eigenvalue weighted by Gasteiger charge is 2.30. The first-order valence-corrected chi connectivity index (χ1v) is 9.60. The van der Waals surface area contributed by atoms with E-state index in [4.69, 9.17) is 4.74 Å². The van der Waals surface area contributed by atoms with Gasteiger partial charge >= 0.3 is 6.09 Å². The fraction of sp³-hybridized carbons (Fsp3) is 0.889. The van der Waals surface area contributed by atoms with E-state index >= 15 is 0 Å². The van der Waals surface area contributed by atoms with Crippen molar-refractivity contribution in [3.8, 4) is 0 Å². The smallest absolute Gasteiger partial charge is 0.408 e. The summed E-state index contributed by atoms with van der Waals surface area (Å²) in [6.45, 7) is 11.4. The summed E-state index contributed by atoms with van der Waals surface area (Å²) in [7, 11) is 0. The molecule has 0 radical (unpaired) electrons. The van der Waals surface area contributed by atoms with Gasteiger partial charge in [-0.3, -0.25) is 4.79 Å². The van der Waals surface area contributed by atoms with E-state index in [9.17, 15) is 9.59 Å². The van der Waals surface area contributed by atoms with E-state index in [1.807, 2.05) is 20.8 Å². The quantitative estimate of drug-likeness (QED) is 0.781. The van der Waals surface area contributed by atoms with Crippen LogP contribution in [0.2, 0.25) is 0 Å². The molecule has 1 amide bonds. The van der Waals surface area contributed by atoms with Crippen molar-refractivity contribution in [1.29, 1.82) is 0 Å². The molecule has 1 saturated carbocycles. The minimum atomic E-state index is -0.466. The van der Waals surface area contributed by atoms with Crippen molar-refractivity contribution in [1.82, 2.24) is 5.32 Å². The molecule has 1 aliphatic carbocycles. The Morgan fingerprint density at radius 1 is 1.04 bits per heavy atom. The first-order chi connectivity index (χ1) is 10.5. The lowest BCUT2D eigenvalue weighted by molar-refractivity contribution is -0.109. The summed E-state index contributed by atoms with van der Waals surface area (Å²) in [6, 6.07) is 0. The first kappa shape index (κ1) is 20.3. The number of nitrogens with one attached hydrogen (secondary N) is 1. The molecule has 0 heterocycles. The van der Waals surface area contributed by atoms with E-state index in [1.165, 1.54) is 37.4 Å². The zero-order chi connectivity index (χ0) is 17.7. The summed E-state index contributed by atoms with van der Waals surface area (Å²) in [5.74, 6) is 2.27. The van der Waals surface area contributed by atoms with Gasteiger partial charge < -0.3 is 10.1 Å². The Morgan fingerprint density at radius 2 is 1.57 bits per heavy atom. The Kier molecular flexibility index (Phi) is 7.43. The third-order valence-electron chi connectivity index (χ3n) is 4.13. The lowest BCUT2D eigenvalue weighted by Gasteiger charge is -2.35. The van der Waals surface area contributed by atoms with E-state index in [0.717, 1.165) is 12.2 Å². The van der Waals surface area contributed by atoms with Crippen molar-refractivity contribution in [3.63, 3.8) is 0 Å². The van der Waals surface area contributed by atoms with E-state index in [0.29, 0.717) is 11.8 Å². The van der Waals surface area contributed by atoms with Crippen LogP contribution >= 0.6 is 11.8 Å². The van der Waals surface area contributed by atoms with Gasteiger partial charge in [-0.25, -0.2) is 4.79 Å². The highest BCUT2D eigenvalue weighted by atomic mass is 32.2. The maximum atomic E-state index is 11.9. The summed E-state index contributed by atoms with van der Waals surface area (Å²) >= 11 is 1.45. The number of carbonyl (C=O) groups excluding carboxylic acids is 2. The van der Waals surface area contributed by atoms with Gasteiger partial charge in [0.2, 0.25) is 0 Å². The molecule has 0 saturated heterocycles. The molecule has 0 bridgehead atoms. The second kappa shape index (κ2) is 8.41. The molecule has 0 aromatic heterocycles. The van der Waals surface area contributed by atoms with Crippen molar-refractivity contribution < 1.29 is 14.3 Å². The number of alkyl carbamates (subject to hydrolysis) is 1. The molecule has 0 aromatic rings. The molecule has 1 rings (SSSR count). The normalized spacial score (nSPS) is 22.5. The second-order valence-corrected chi connectivity index (χ2v) is 9.60. The molecule has 1 N–H and O–H groups in total. The maximum absolute atomic E-state index is 11.9. The molecule has 0 aliphatic heterocycles. The lowest BCUT2D eigenvalue weighted by Crippen LogP contribution is -2.47. The zero-order valence-electron chi connectivity index (χ0n) is 15.5.